The summed E-state index contributed by atoms with van der Waals surface area (Å²) < 4.78 is 56.8. The topological polar surface area (TPSA) is 220 Å². The number of rotatable bonds is 10. The number of amides is 1. The van der Waals surface area contributed by atoms with Crippen molar-refractivity contribution in [2.45, 2.75) is 49.3 Å². The van der Waals surface area contributed by atoms with Crippen molar-refractivity contribution in [3.63, 3.8) is 0 Å². The highest BCUT2D eigenvalue weighted by Gasteiger charge is 2.23. The van der Waals surface area contributed by atoms with E-state index in [1.807, 2.05) is 13.8 Å². The van der Waals surface area contributed by atoms with E-state index < -0.39 is 37.5 Å². The maximum Gasteiger partial charge on any atom is 0.338 e. The van der Waals surface area contributed by atoms with E-state index in [0.29, 0.717) is 35.3 Å². The van der Waals surface area contributed by atoms with Crippen LogP contribution < -0.4 is 22.3 Å². The van der Waals surface area contributed by atoms with Crippen LogP contribution in [-0.2, 0) is 37.3 Å². The van der Waals surface area contributed by atoms with Gasteiger partial charge in [0, 0.05) is 67.1 Å². The highest BCUT2D eigenvalue weighted by molar-refractivity contribution is 7.91. The summed E-state index contributed by atoms with van der Waals surface area (Å²) in [6.07, 6.45) is 10.7. The number of nitrogens with two attached hydrogens (primary N) is 2. The minimum atomic E-state index is -3.67. The van der Waals surface area contributed by atoms with Crippen LogP contribution in [0.3, 0.4) is 0 Å². The number of methoxy groups -OCH3 is 1. The van der Waals surface area contributed by atoms with Gasteiger partial charge in [0.1, 0.15) is 0 Å². The molecule has 2 aromatic heterocycles. The van der Waals surface area contributed by atoms with E-state index in [-0.39, 0.29) is 31.8 Å². The van der Waals surface area contributed by atoms with E-state index in [9.17, 15) is 36.0 Å². The molecule has 4 aromatic rings. The average molecular weight is 726 g/mol. The molecule has 4 N–H and O–H groups in total. The van der Waals surface area contributed by atoms with Crippen LogP contribution >= 0.6 is 0 Å². The SMILES string of the molecule is CCCc1cc(-n2ccc(=O)cc2)c(S(C)(=O)=O)cc1C(=O)N=C(N)N.CCCc1cc(-n2ccc(=O)cc2)c(S(C)(=O)=O)cc1C(=O)OC. The summed E-state index contributed by atoms with van der Waals surface area (Å²) in [5, 5.41) is 0. The molecule has 0 aliphatic heterocycles. The molecule has 0 aliphatic carbocycles. The number of sulfone groups is 2. The second kappa shape index (κ2) is 16.4. The van der Waals surface area contributed by atoms with Crippen LogP contribution in [0.25, 0.3) is 11.4 Å². The van der Waals surface area contributed by atoms with Crippen LogP contribution in [0.1, 0.15) is 58.5 Å². The van der Waals surface area contributed by atoms with E-state index in [2.05, 4.69) is 4.99 Å². The van der Waals surface area contributed by atoms with Gasteiger partial charge in [-0.2, -0.15) is 4.99 Å². The minimum absolute atomic E-state index is 0.00593. The van der Waals surface area contributed by atoms with Crippen LogP contribution in [0.15, 0.2) is 97.7 Å². The molecular weight excluding hydrogens is 687 g/mol. The van der Waals surface area contributed by atoms with E-state index in [0.717, 1.165) is 25.4 Å². The molecule has 0 aliphatic rings. The number of nitrogens with zero attached hydrogens (tertiary/aromatic N) is 3. The molecule has 0 unspecified atom stereocenters. The molecule has 0 atom stereocenters. The smallest absolute Gasteiger partial charge is 0.338 e. The number of aliphatic imine (C=N–C) groups is 1. The summed E-state index contributed by atoms with van der Waals surface area (Å²) in [5.41, 5.74) is 12.6. The lowest BCUT2D eigenvalue weighted by Gasteiger charge is -2.16. The van der Waals surface area contributed by atoms with Gasteiger partial charge in [0.25, 0.3) is 5.91 Å². The Kier molecular flexibility index (Phi) is 12.8. The lowest BCUT2D eigenvalue weighted by Crippen LogP contribution is -2.24. The summed E-state index contributed by atoms with van der Waals surface area (Å²) in [4.78, 5) is 50.4. The second-order valence-electron chi connectivity index (χ2n) is 11.2. The second-order valence-corrected chi connectivity index (χ2v) is 15.2. The molecule has 0 saturated heterocycles. The third-order valence-electron chi connectivity index (χ3n) is 7.23. The Balaban J connectivity index is 0.000000271. The van der Waals surface area contributed by atoms with Crippen LogP contribution in [0.2, 0.25) is 0 Å². The molecule has 266 valence electrons. The van der Waals surface area contributed by atoms with Crippen molar-refractivity contribution in [3.05, 3.63) is 116 Å². The van der Waals surface area contributed by atoms with Crippen LogP contribution in [0.5, 0.6) is 0 Å². The van der Waals surface area contributed by atoms with Crippen molar-refractivity contribution >= 4 is 37.5 Å². The molecule has 4 rings (SSSR count). The van der Waals surface area contributed by atoms with Gasteiger partial charge in [0.2, 0.25) is 0 Å². The minimum Gasteiger partial charge on any atom is -0.465 e. The number of hydrogen-bond donors (Lipinski definition) is 2. The van der Waals surface area contributed by atoms with Gasteiger partial charge >= 0.3 is 5.97 Å². The van der Waals surface area contributed by atoms with Crippen molar-refractivity contribution in [2.75, 3.05) is 19.6 Å². The standard InChI is InChI=1S/C17H20N4O4S.C17H19NO5S/c1-3-4-11-9-14(21-7-5-12(22)6-8-21)15(26(2,24)25)10-13(11)16(23)20-17(18)19;1-4-5-12-10-15(18-8-6-13(19)7-9-18)16(24(3,21)22)11-14(12)17(20)23-2/h5-10H,3-4H2,1-2H3,(H4,18,19,20,23);6-11H,4-5H2,1-3H3. The Hall–Kier alpha value is -5.35. The Labute approximate surface area is 289 Å². The summed E-state index contributed by atoms with van der Waals surface area (Å²) >= 11 is 0. The normalized spacial score (nSPS) is 11.2. The monoisotopic (exact) mass is 725 g/mol. The first-order valence-electron chi connectivity index (χ1n) is 15.2. The molecule has 0 spiro atoms. The third kappa shape index (κ3) is 9.85. The maximum absolute atomic E-state index is 12.3. The fourth-order valence-corrected chi connectivity index (χ4v) is 6.75. The molecule has 1 amide bonds. The van der Waals surface area contributed by atoms with E-state index in [1.54, 1.807) is 16.7 Å². The zero-order chi connectivity index (χ0) is 37.4. The number of esters is 1. The highest BCUT2D eigenvalue weighted by atomic mass is 32.2. The molecule has 50 heavy (non-hydrogen) atoms. The van der Waals surface area contributed by atoms with E-state index in [4.69, 9.17) is 16.2 Å². The molecule has 2 aromatic carbocycles. The number of pyridine rings is 2. The Morgan fingerprint density at radius 2 is 1.08 bits per heavy atom. The molecule has 0 bridgehead atoms. The Morgan fingerprint density at radius 3 is 1.42 bits per heavy atom. The first-order valence-corrected chi connectivity index (χ1v) is 19.0. The molecular formula is C34H39N5O9S2. The van der Waals surface area contributed by atoms with Gasteiger partial charge in [-0.15, -0.1) is 0 Å². The molecule has 14 nitrogen and oxygen atoms in total. The van der Waals surface area contributed by atoms with Gasteiger partial charge in [0.05, 0.1) is 33.8 Å². The van der Waals surface area contributed by atoms with Crippen LogP contribution in [0.4, 0.5) is 0 Å². The fourth-order valence-electron chi connectivity index (χ4n) is 5.00. The summed E-state index contributed by atoms with van der Waals surface area (Å²) in [7, 11) is -6.01. The van der Waals surface area contributed by atoms with Gasteiger partial charge in [-0.05, 0) is 48.2 Å². The van der Waals surface area contributed by atoms with Crippen LogP contribution in [0, 0.1) is 0 Å². The molecule has 0 radical (unpaired) electrons. The van der Waals surface area contributed by atoms with Gasteiger partial charge in [-0.1, -0.05) is 26.7 Å². The third-order valence-corrected chi connectivity index (χ3v) is 9.48. The summed E-state index contributed by atoms with van der Waals surface area (Å²) in [5.74, 6) is -1.68. The van der Waals surface area contributed by atoms with Gasteiger partial charge in [-0.25, -0.2) is 21.6 Å². The van der Waals surface area contributed by atoms with E-state index >= 15 is 0 Å². The van der Waals surface area contributed by atoms with Crippen molar-refractivity contribution < 1.29 is 31.2 Å². The lowest BCUT2D eigenvalue weighted by atomic mass is 10.0. The van der Waals surface area contributed by atoms with Crippen molar-refractivity contribution in [3.8, 4) is 11.4 Å². The first kappa shape index (κ1) is 39.1. The first-order chi connectivity index (χ1) is 23.4. The summed E-state index contributed by atoms with van der Waals surface area (Å²) in [6, 6.07) is 11.2. The van der Waals surface area contributed by atoms with Gasteiger partial charge < -0.3 is 25.3 Å². The van der Waals surface area contributed by atoms with Crippen molar-refractivity contribution in [1.29, 1.82) is 0 Å². The predicted octanol–water partition coefficient (Wildman–Crippen LogP) is 2.59. The molecule has 16 heteroatoms. The van der Waals surface area contributed by atoms with Gasteiger partial charge in [0.15, 0.2) is 36.5 Å². The van der Waals surface area contributed by atoms with Crippen LogP contribution in [-0.4, -0.2) is 63.4 Å². The zero-order valence-corrected chi connectivity index (χ0v) is 29.9. The van der Waals surface area contributed by atoms with Crippen molar-refractivity contribution in [2.24, 2.45) is 16.5 Å². The number of hydrogen-bond acceptors (Lipinski definition) is 9. The fraction of sp³-hybridized carbons (Fsp3) is 0.265. The number of carbonyl (C=O) groups excluding carboxylic acids is 2. The molecule has 0 fully saturated rings. The summed E-state index contributed by atoms with van der Waals surface area (Å²) in [6.45, 7) is 3.89. The Morgan fingerprint density at radius 1 is 0.700 bits per heavy atom. The zero-order valence-electron chi connectivity index (χ0n) is 28.2. The number of guanidine groups is 1. The molecule has 0 saturated carbocycles. The number of ether oxygens (including phenoxy) is 1. The quantitative estimate of drug-likeness (QED) is 0.137. The average Bonchev–Trinajstić information content (AvgIpc) is 3.04. The molecule has 2 heterocycles. The van der Waals surface area contributed by atoms with Gasteiger partial charge in [-0.3, -0.25) is 14.4 Å². The lowest BCUT2D eigenvalue weighted by molar-refractivity contribution is 0.0599. The maximum atomic E-state index is 12.3. The largest absolute Gasteiger partial charge is 0.465 e. The number of benzene rings is 2. The van der Waals surface area contributed by atoms with E-state index in [1.165, 1.54) is 72.9 Å². The Bertz CT molecular complexity index is 2250. The number of carbonyl (C=O) groups is 2. The van der Waals surface area contributed by atoms with Crippen molar-refractivity contribution in [1.82, 2.24) is 9.13 Å². The highest BCUT2D eigenvalue weighted by Crippen LogP contribution is 2.28. The number of aryl methyl sites for hydroxylation is 2. The predicted molar refractivity (Wildman–Crippen MR) is 190 cm³/mol. The number of aromatic nitrogens is 2.